The van der Waals surface area contributed by atoms with Crippen molar-refractivity contribution in [3.05, 3.63) is 29.8 Å². The van der Waals surface area contributed by atoms with Crippen molar-refractivity contribution >= 4 is 0 Å². The maximum Gasteiger partial charge on any atom is 0.119 e. The molecule has 0 saturated carbocycles. The minimum atomic E-state index is -0.228. The van der Waals surface area contributed by atoms with Crippen LogP contribution >= 0.6 is 0 Å². The minimum absolute atomic E-state index is 0.209. The van der Waals surface area contributed by atoms with Crippen LogP contribution in [0.4, 0.5) is 0 Å². The molecule has 2 unspecified atom stereocenters. The molecule has 0 radical (unpaired) electrons. The Morgan fingerprint density at radius 1 is 1.32 bits per heavy atom. The van der Waals surface area contributed by atoms with E-state index >= 15 is 0 Å². The van der Waals surface area contributed by atoms with Crippen molar-refractivity contribution in [3.63, 3.8) is 0 Å². The van der Waals surface area contributed by atoms with Gasteiger partial charge in [0, 0.05) is 6.04 Å². The lowest BCUT2D eigenvalue weighted by atomic mass is 10.0. The van der Waals surface area contributed by atoms with Gasteiger partial charge < -0.3 is 15.2 Å². The number of aliphatic hydroxyl groups excluding tert-OH is 1. The minimum Gasteiger partial charge on any atom is -0.491 e. The first kappa shape index (κ1) is 14.4. The van der Waals surface area contributed by atoms with Gasteiger partial charge in [-0.15, -0.1) is 0 Å². The number of hydrogen-bond donors (Lipinski definition) is 2. The zero-order valence-corrected chi connectivity index (χ0v) is 11.9. The second-order valence-electron chi connectivity index (χ2n) is 5.62. The number of ether oxygens (including phenoxy) is 1. The Morgan fingerprint density at radius 3 is 2.63 bits per heavy atom. The molecule has 1 aliphatic heterocycles. The molecule has 3 nitrogen and oxygen atoms in total. The van der Waals surface area contributed by atoms with E-state index in [9.17, 15) is 5.11 Å². The van der Waals surface area contributed by atoms with Crippen molar-refractivity contribution in [3.8, 4) is 5.75 Å². The van der Waals surface area contributed by atoms with Gasteiger partial charge in [-0.1, -0.05) is 12.1 Å². The van der Waals surface area contributed by atoms with Crippen LogP contribution in [0.15, 0.2) is 24.3 Å². The molecule has 0 bridgehead atoms. The Kier molecular flexibility index (Phi) is 5.23. The summed E-state index contributed by atoms with van der Waals surface area (Å²) in [6.45, 7) is 5.10. The molecule has 1 aliphatic rings. The Labute approximate surface area is 116 Å². The van der Waals surface area contributed by atoms with Gasteiger partial charge in [-0.3, -0.25) is 0 Å². The van der Waals surface area contributed by atoms with Crippen molar-refractivity contribution in [2.45, 2.75) is 57.8 Å². The van der Waals surface area contributed by atoms with Crippen molar-refractivity contribution in [2.75, 3.05) is 6.54 Å². The quantitative estimate of drug-likeness (QED) is 0.828. The Morgan fingerprint density at radius 2 is 2.05 bits per heavy atom. The summed E-state index contributed by atoms with van der Waals surface area (Å²) in [7, 11) is 0. The van der Waals surface area contributed by atoms with Gasteiger partial charge in [0.25, 0.3) is 0 Å². The molecule has 0 aromatic heterocycles. The summed E-state index contributed by atoms with van der Waals surface area (Å²) in [4.78, 5) is 0. The van der Waals surface area contributed by atoms with Crippen LogP contribution in [-0.2, 0) is 6.42 Å². The number of rotatable bonds is 6. The van der Waals surface area contributed by atoms with E-state index in [0.29, 0.717) is 6.04 Å². The first-order chi connectivity index (χ1) is 9.15. The van der Waals surface area contributed by atoms with Crippen LogP contribution in [0.25, 0.3) is 0 Å². The molecule has 2 rings (SSSR count). The van der Waals surface area contributed by atoms with E-state index < -0.39 is 0 Å². The first-order valence-corrected chi connectivity index (χ1v) is 7.32. The number of benzene rings is 1. The van der Waals surface area contributed by atoms with Crippen LogP contribution in [0, 0.1) is 0 Å². The molecule has 0 amide bonds. The predicted octanol–water partition coefficient (Wildman–Crippen LogP) is 2.52. The molecule has 1 aromatic carbocycles. The van der Waals surface area contributed by atoms with E-state index in [0.717, 1.165) is 31.6 Å². The molecule has 3 heteroatoms. The van der Waals surface area contributed by atoms with E-state index in [-0.39, 0.29) is 12.2 Å². The zero-order chi connectivity index (χ0) is 13.7. The smallest absolute Gasteiger partial charge is 0.119 e. The number of aliphatic hydroxyl groups is 1. The Bertz CT molecular complexity index is 369. The van der Waals surface area contributed by atoms with E-state index in [4.69, 9.17) is 4.74 Å². The van der Waals surface area contributed by atoms with Crippen molar-refractivity contribution < 1.29 is 9.84 Å². The van der Waals surface area contributed by atoms with Crippen LogP contribution in [0.1, 0.15) is 38.7 Å². The second-order valence-corrected chi connectivity index (χ2v) is 5.62. The van der Waals surface area contributed by atoms with Crippen molar-refractivity contribution in [1.29, 1.82) is 0 Å². The van der Waals surface area contributed by atoms with E-state index in [1.54, 1.807) is 0 Å². The average molecular weight is 263 g/mol. The number of hydrogen-bond acceptors (Lipinski definition) is 3. The molecule has 1 heterocycles. The van der Waals surface area contributed by atoms with Crippen LogP contribution in [-0.4, -0.2) is 29.9 Å². The van der Waals surface area contributed by atoms with Crippen molar-refractivity contribution in [1.82, 2.24) is 5.32 Å². The third kappa shape index (κ3) is 4.51. The highest BCUT2D eigenvalue weighted by atomic mass is 16.5. The average Bonchev–Trinajstić information content (AvgIpc) is 2.91. The van der Waals surface area contributed by atoms with Crippen LogP contribution in [0.5, 0.6) is 5.75 Å². The maximum atomic E-state index is 10.1. The number of nitrogens with one attached hydrogen (secondary N) is 1. The molecule has 0 spiro atoms. The SMILES string of the molecule is CC(C)Oc1ccc(CCC(O)C2CCCN2)cc1. The van der Waals surface area contributed by atoms with Crippen molar-refractivity contribution in [2.24, 2.45) is 0 Å². The molecule has 19 heavy (non-hydrogen) atoms. The van der Waals surface area contributed by atoms with Gasteiger partial charge in [-0.25, -0.2) is 0 Å². The summed E-state index contributed by atoms with van der Waals surface area (Å²) in [5.74, 6) is 0.914. The lowest BCUT2D eigenvalue weighted by molar-refractivity contribution is 0.127. The molecule has 2 atom stereocenters. The van der Waals surface area contributed by atoms with Gasteiger partial charge in [-0.2, -0.15) is 0 Å². The van der Waals surface area contributed by atoms with Gasteiger partial charge in [-0.05, 0) is 63.8 Å². The summed E-state index contributed by atoms with van der Waals surface area (Å²) in [6.07, 6.45) is 4.00. The van der Waals surface area contributed by atoms with Crippen LogP contribution < -0.4 is 10.1 Å². The summed E-state index contributed by atoms with van der Waals surface area (Å²) in [5, 5.41) is 13.4. The maximum absolute atomic E-state index is 10.1. The number of aryl methyl sites for hydroxylation is 1. The molecule has 1 aromatic rings. The molecule has 106 valence electrons. The molecular formula is C16H25NO2. The molecule has 1 fully saturated rings. The lowest BCUT2D eigenvalue weighted by Gasteiger charge is -2.18. The van der Waals surface area contributed by atoms with Gasteiger partial charge in [0.1, 0.15) is 5.75 Å². The van der Waals surface area contributed by atoms with Crippen LogP contribution in [0.2, 0.25) is 0 Å². The highest BCUT2D eigenvalue weighted by molar-refractivity contribution is 5.27. The summed E-state index contributed by atoms with van der Waals surface area (Å²) >= 11 is 0. The molecule has 0 aliphatic carbocycles. The fraction of sp³-hybridized carbons (Fsp3) is 0.625. The monoisotopic (exact) mass is 263 g/mol. The van der Waals surface area contributed by atoms with Gasteiger partial charge in [0.15, 0.2) is 0 Å². The lowest BCUT2D eigenvalue weighted by Crippen LogP contribution is -2.34. The predicted molar refractivity (Wildman–Crippen MR) is 77.6 cm³/mol. The molecular weight excluding hydrogens is 238 g/mol. The topological polar surface area (TPSA) is 41.5 Å². The first-order valence-electron chi connectivity index (χ1n) is 7.32. The largest absolute Gasteiger partial charge is 0.491 e. The molecule has 2 N–H and O–H groups in total. The van der Waals surface area contributed by atoms with Gasteiger partial charge in [0.05, 0.1) is 12.2 Å². The fourth-order valence-corrected chi connectivity index (χ4v) is 2.56. The Hall–Kier alpha value is -1.06. The summed E-state index contributed by atoms with van der Waals surface area (Å²) in [5.41, 5.74) is 1.26. The Balaban J connectivity index is 1.79. The third-order valence-electron chi connectivity index (χ3n) is 3.59. The van der Waals surface area contributed by atoms with Crippen LogP contribution in [0.3, 0.4) is 0 Å². The zero-order valence-electron chi connectivity index (χ0n) is 11.9. The normalized spacial score (nSPS) is 20.7. The van der Waals surface area contributed by atoms with Gasteiger partial charge in [0.2, 0.25) is 0 Å². The molecule has 1 saturated heterocycles. The van der Waals surface area contributed by atoms with Gasteiger partial charge >= 0.3 is 0 Å². The standard InChI is InChI=1S/C16H25NO2/c1-12(2)19-14-8-5-13(6-9-14)7-10-16(18)15-4-3-11-17-15/h5-6,8-9,12,15-18H,3-4,7,10-11H2,1-2H3. The van der Waals surface area contributed by atoms with E-state index in [1.807, 2.05) is 26.0 Å². The summed E-state index contributed by atoms with van der Waals surface area (Å²) in [6, 6.07) is 8.49. The highest BCUT2D eigenvalue weighted by Crippen LogP contribution is 2.17. The van der Waals surface area contributed by atoms with E-state index in [2.05, 4.69) is 17.4 Å². The summed E-state index contributed by atoms with van der Waals surface area (Å²) < 4.78 is 5.62. The highest BCUT2D eigenvalue weighted by Gasteiger charge is 2.21. The second kappa shape index (κ2) is 6.92. The third-order valence-corrected chi connectivity index (χ3v) is 3.59. The van der Waals surface area contributed by atoms with E-state index in [1.165, 1.54) is 12.0 Å². The fourth-order valence-electron chi connectivity index (χ4n) is 2.56.